The van der Waals surface area contributed by atoms with Crippen molar-refractivity contribution in [1.82, 2.24) is 9.80 Å². The molecule has 1 aliphatic heterocycles. The topological polar surface area (TPSA) is 23.6 Å². The molecule has 1 aromatic heterocycles. The quantitative estimate of drug-likeness (QED) is 0.847. The molecule has 104 valence electrons. The van der Waals surface area contributed by atoms with E-state index in [0.717, 1.165) is 25.2 Å². The third kappa shape index (κ3) is 2.62. The van der Waals surface area contributed by atoms with Crippen LogP contribution in [0.15, 0.2) is 47.2 Å². The van der Waals surface area contributed by atoms with E-state index in [-0.39, 0.29) is 11.9 Å². The molecular weight excluding hydrogens is 268 g/mol. The first-order valence-electron chi connectivity index (χ1n) is 6.82. The Morgan fingerprint density at radius 2 is 2.00 bits per heavy atom. The van der Waals surface area contributed by atoms with Crippen LogP contribution < -0.4 is 0 Å². The van der Waals surface area contributed by atoms with Crippen LogP contribution in [-0.4, -0.2) is 42.4 Å². The van der Waals surface area contributed by atoms with Crippen molar-refractivity contribution >= 4 is 17.2 Å². The smallest absolute Gasteiger partial charge is 0.255 e. The molecule has 0 radical (unpaired) electrons. The van der Waals surface area contributed by atoms with Crippen molar-refractivity contribution in [3.63, 3.8) is 0 Å². The lowest BCUT2D eigenvalue weighted by Gasteiger charge is -2.40. The van der Waals surface area contributed by atoms with E-state index >= 15 is 0 Å². The monoisotopic (exact) mass is 286 g/mol. The Morgan fingerprint density at radius 3 is 2.70 bits per heavy atom. The van der Waals surface area contributed by atoms with Gasteiger partial charge in [-0.05, 0) is 24.1 Å². The molecule has 2 aromatic rings. The van der Waals surface area contributed by atoms with Crippen LogP contribution in [0.3, 0.4) is 0 Å². The highest BCUT2D eigenvalue weighted by molar-refractivity contribution is 7.08. The van der Waals surface area contributed by atoms with Gasteiger partial charge in [0.15, 0.2) is 0 Å². The number of carbonyl (C=O) groups is 1. The Labute approximate surface area is 123 Å². The third-order valence-corrected chi connectivity index (χ3v) is 4.48. The summed E-state index contributed by atoms with van der Waals surface area (Å²) >= 11 is 1.57. The van der Waals surface area contributed by atoms with E-state index < -0.39 is 0 Å². The summed E-state index contributed by atoms with van der Waals surface area (Å²) in [5.41, 5.74) is 2.02. The number of amides is 1. The highest BCUT2D eigenvalue weighted by Gasteiger charge is 2.30. The molecule has 0 spiro atoms. The fourth-order valence-corrected chi connectivity index (χ4v) is 3.30. The largest absolute Gasteiger partial charge is 0.329 e. The molecule has 0 aliphatic carbocycles. The first-order chi connectivity index (χ1) is 9.75. The fourth-order valence-electron chi connectivity index (χ4n) is 2.67. The standard InChI is InChI=1S/C16H18N2OS/c1-17-8-9-18(16(19)14-7-10-20-12-14)15(11-17)13-5-3-2-4-6-13/h2-7,10,12,15H,8-9,11H2,1H3/t15-/m1/s1. The predicted octanol–water partition coefficient (Wildman–Crippen LogP) is 2.88. The number of thiophene rings is 1. The van der Waals surface area contributed by atoms with Gasteiger partial charge in [0.25, 0.3) is 5.91 Å². The van der Waals surface area contributed by atoms with Gasteiger partial charge in [-0.2, -0.15) is 11.3 Å². The molecule has 1 aliphatic rings. The van der Waals surface area contributed by atoms with Crippen LogP contribution in [0.5, 0.6) is 0 Å². The number of likely N-dealkylation sites (N-methyl/N-ethyl adjacent to an activating group) is 1. The molecule has 1 saturated heterocycles. The minimum atomic E-state index is 0.141. The predicted molar refractivity (Wildman–Crippen MR) is 82.0 cm³/mol. The van der Waals surface area contributed by atoms with E-state index in [1.165, 1.54) is 5.56 Å². The molecule has 1 fully saturated rings. The number of carbonyl (C=O) groups excluding carboxylic acids is 1. The molecule has 1 amide bonds. The van der Waals surface area contributed by atoms with E-state index in [4.69, 9.17) is 0 Å². The van der Waals surface area contributed by atoms with Crippen LogP contribution in [0.2, 0.25) is 0 Å². The lowest BCUT2D eigenvalue weighted by molar-refractivity contribution is 0.0498. The molecule has 1 atom stereocenters. The van der Waals surface area contributed by atoms with Crippen molar-refractivity contribution in [3.8, 4) is 0 Å². The number of nitrogens with zero attached hydrogens (tertiary/aromatic N) is 2. The van der Waals surface area contributed by atoms with Crippen LogP contribution in [0, 0.1) is 0 Å². The summed E-state index contributed by atoms with van der Waals surface area (Å²) in [5.74, 6) is 0.146. The molecular formula is C16H18N2OS. The van der Waals surface area contributed by atoms with Gasteiger partial charge in [-0.3, -0.25) is 4.79 Å². The molecule has 1 aromatic carbocycles. The van der Waals surface area contributed by atoms with Crippen LogP contribution >= 0.6 is 11.3 Å². The maximum absolute atomic E-state index is 12.7. The summed E-state index contributed by atoms with van der Waals surface area (Å²) in [5, 5.41) is 3.89. The summed E-state index contributed by atoms with van der Waals surface area (Å²) in [6.45, 7) is 2.60. The Hall–Kier alpha value is -1.65. The molecule has 0 bridgehead atoms. The normalized spacial score (nSPS) is 20.1. The molecule has 2 heterocycles. The Balaban J connectivity index is 1.89. The molecule has 4 heteroatoms. The second-order valence-electron chi connectivity index (χ2n) is 5.20. The van der Waals surface area contributed by atoms with Gasteiger partial charge in [-0.15, -0.1) is 0 Å². The van der Waals surface area contributed by atoms with Gasteiger partial charge in [0.05, 0.1) is 11.6 Å². The molecule has 0 saturated carbocycles. The van der Waals surface area contributed by atoms with Gasteiger partial charge in [-0.1, -0.05) is 30.3 Å². The van der Waals surface area contributed by atoms with Crippen molar-refractivity contribution in [3.05, 3.63) is 58.3 Å². The zero-order chi connectivity index (χ0) is 13.9. The number of rotatable bonds is 2. The van der Waals surface area contributed by atoms with Crippen molar-refractivity contribution in [1.29, 1.82) is 0 Å². The molecule has 20 heavy (non-hydrogen) atoms. The van der Waals surface area contributed by atoms with Crippen LogP contribution in [0.25, 0.3) is 0 Å². The van der Waals surface area contributed by atoms with Gasteiger partial charge in [0.2, 0.25) is 0 Å². The van der Waals surface area contributed by atoms with Crippen LogP contribution in [0.4, 0.5) is 0 Å². The number of piperazine rings is 1. The van der Waals surface area contributed by atoms with Gasteiger partial charge < -0.3 is 9.80 Å². The zero-order valence-corrected chi connectivity index (χ0v) is 12.3. The van der Waals surface area contributed by atoms with Gasteiger partial charge in [0, 0.05) is 25.0 Å². The fraction of sp³-hybridized carbons (Fsp3) is 0.312. The summed E-state index contributed by atoms with van der Waals surface area (Å²) in [7, 11) is 2.11. The second-order valence-corrected chi connectivity index (χ2v) is 5.98. The summed E-state index contributed by atoms with van der Waals surface area (Å²) < 4.78 is 0. The van der Waals surface area contributed by atoms with Crippen LogP contribution in [0.1, 0.15) is 22.0 Å². The minimum absolute atomic E-state index is 0.141. The van der Waals surface area contributed by atoms with E-state index in [1.807, 2.05) is 39.9 Å². The molecule has 0 unspecified atom stereocenters. The van der Waals surface area contributed by atoms with Crippen molar-refractivity contribution < 1.29 is 4.79 Å². The lowest BCUT2D eigenvalue weighted by Crippen LogP contribution is -2.49. The first-order valence-corrected chi connectivity index (χ1v) is 7.76. The lowest BCUT2D eigenvalue weighted by atomic mass is 10.0. The van der Waals surface area contributed by atoms with E-state index in [1.54, 1.807) is 11.3 Å². The van der Waals surface area contributed by atoms with E-state index in [9.17, 15) is 4.79 Å². The van der Waals surface area contributed by atoms with E-state index in [0.29, 0.717) is 0 Å². The number of hydrogen-bond donors (Lipinski definition) is 0. The Bertz CT molecular complexity index is 567. The van der Waals surface area contributed by atoms with Gasteiger partial charge >= 0.3 is 0 Å². The maximum atomic E-state index is 12.7. The Morgan fingerprint density at radius 1 is 1.20 bits per heavy atom. The maximum Gasteiger partial charge on any atom is 0.255 e. The average molecular weight is 286 g/mol. The van der Waals surface area contributed by atoms with E-state index in [2.05, 4.69) is 24.1 Å². The first kappa shape index (κ1) is 13.3. The third-order valence-electron chi connectivity index (χ3n) is 3.80. The molecule has 3 rings (SSSR count). The summed E-state index contributed by atoms with van der Waals surface area (Å²) in [6, 6.07) is 12.4. The van der Waals surface area contributed by atoms with Gasteiger partial charge in [0.1, 0.15) is 0 Å². The van der Waals surface area contributed by atoms with Crippen molar-refractivity contribution in [2.45, 2.75) is 6.04 Å². The molecule has 3 nitrogen and oxygen atoms in total. The Kier molecular flexibility index (Phi) is 3.85. The second kappa shape index (κ2) is 5.77. The SMILES string of the molecule is CN1CCN(C(=O)c2ccsc2)[C@@H](c2ccccc2)C1. The zero-order valence-electron chi connectivity index (χ0n) is 11.5. The molecule has 0 N–H and O–H groups in total. The number of benzene rings is 1. The van der Waals surface area contributed by atoms with Crippen molar-refractivity contribution in [2.75, 3.05) is 26.7 Å². The number of hydrogen-bond acceptors (Lipinski definition) is 3. The summed E-state index contributed by atoms with van der Waals surface area (Å²) in [6.07, 6.45) is 0. The average Bonchev–Trinajstić information content (AvgIpc) is 3.02. The van der Waals surface area contributed by atoms with Crippen molar-refractivity contribution in [2.24, 2.45) is 0 Å². The minimum Gasteiger partial charge on any atom is -0.329 e. The summed E-state index contributed by atoms with van der Waals surface area (Å²) in [4.78, 5) is 17.0. The highest BCUT2D eigenvalue weighted by atomic mass is 32.1. The van der Waals surface area contributed by atoms with Crippen LogP contribution in [-0.2, 0) is 0 Å². The van der Waals surface area contributed by atoms with Gasteiger partial charge in [-0.25, -0.2) is 0 Å². The highest BCUT2D eigenvalue weighted by Crippen LogP contribution is 2.26.